The highest BCUT2D eigenvalue weighted by Gasteiger charge is 2.67. The molecule has 1 saturated carbocycles. The summed E-state index contributed by atoms with van der Waals surface area (Å²) in [7, 11) is 0. The predicted molar refractivity (Wildman–Crippen MR) is 71.3 cm³/mol. The highest BCUT2D eigenvalue weighted by atomic mass is 35.5. The molecule has 1 aliphatic rings. The number of nitrogens with two attached hydrogens (primary N) is 1. The van der Waals surface area contributed by atoms with Crippen LogP contribution in [0.15, 0.2) is 12.1 Å². The second-order valence-corrected chi connectivity index (χ2v) is 6.62. The number of carbonyl (C=O) groups is 1. The van der Waals surface area contributed by atoms with E-state index in [1.165, 1.54) is 6.07 Å². The highest BCUT2D eigenvalue weighted by molar-refractivity contribution is 6.53. The number of amides is 1. The Morgan fingerprint density at radius 3 is 2.20 bits per heavy atom. The fraction of sp³-hybridized carbons (Fsp3) is 0.364. The maximum absolute atomic E-state index is 12.8. The van der Waals surface area contributed by atoms with Gasteiger partial charge in [-0.25, -0.2) is 0 Å². The zero-order valence-corrected chi connectivity index (χ0v) is 12.5. The number of primary amides is 1. The lowest BCUT2D eigenvalue weighted by molar-refractivity contribution is -0.137. The van der Waals surface area contributed by atoms with E-state index in [9.17, 15) is 18.0 Å². The van der Waals surface area contributed by atoms with Crippen molar-refractivity contribution in [2.75, 3.05) is 0 Å². The van der Waals surface area contributed by atoms with Gasteiger partial charge in [-0.3, -0.25) is 4.79 Å². The fourth-order valence-corrected chi connectivity index (χ4v) is 3.38. The lowest BCUT2D eigenvalue weighted by Crippen LogP contribution is -2.16. The van der Waals surface area contributed by atoms with Crippen LogP contribution in [0, 0.1) is 5.92 Å². The minimum absolute atomic E-state index is 0.0699. The standard InChI is InChI=1S/C11H6Cl4F3NO/c12-5-2-3(1-4(8(5)13)11(16,17)18)6-7(9(19)20)10(6,14)15/h1-2,6-7H,(H2,19,20). The zero-order chi connectivity index (χ0) is 15.5. The molecule has 2 N–H and O–H groups in total. The lowest BCUT2D eigenvalue weighted by Gasteiger charge is -2.12. The predicted octanol–water partition coefficient (Wildman–Crippen LogP) is 4.38. The van der Waals surface area contributed by atoms with Crippen LogP contribution in [0.5, 0.6) is 0 Å². The quantitative estimate of drug-likeness (QED) is 0.775. The second kappa shape index (κ2) is 4.83. The highest BCUT2D eigenvalue weighted by Crippen LogP contribution is 2.65. The van der Waals surface area contributed by atoms with Gasteiger partial charge in [-0.15, -0.1) is 23.2 Å². The molecular weight excluding hydrogens is 361 g/mol. The average Bonchev–Trinajstić information content (AvgIpc) is 2.84. The van der Waals surface area contributed by atoms with Gasteiger partial charge >= 0.3 is 6.18 Å². The average molecular weight is 367 g/mol. The number of carbonyl (C=O) groups excluding carboxylic acids is 1. The van der Waals surface area contributed by atoms with Gasteiger partial charge in [0.05, 0.1) is 21.5 Å². The maximum Gasteiger partial charge on any atom is 0.417 e. The van der Waals surface area contributed by atoms with Crippen molar-refractivity contribution in [2.45, 2.75) is 16.4 Å². The molecule has 1 amide bonds. The van der Waals surface area contributed by atoms with Gasteiger partial charge in [0.25, 0.3) is 0 Å². The van der Waals surface area contributed by atoms with Crippen LogP contribution >= 0.6 is 46.4 Å². The van der Waals surface area contributed by atoms with Crippen LogP contribution in [-0.4, -0.2) is 10.2 Å². The van der Waals surface area contributed by atoms with E-state index in [1.54, 1.807) is 0 Å². The van der Waals surface area contributed by atoms with E-state index in [2.05, 4.69) is 0 Å². The molecule has 9 heteroatoms. The normalized spacial score (nSPS) is 24.6. The van der Waals surface area contributed by atoms with Crippen molar-refractivity contribution in [3.8, 4) is 0 Å². The summed E-state index contributed by atoms with van der Waals surface area (Å²) in [6.07, 6.45) is -4.69. The Morgan fingerprint density at radius 2 is 1.80 bits per heavy atom. The monoisotopic (exact) mass is 365 g/mol. The fourth-order valence-electron chi connectivity index (χ4n) is 2.09. The lowest BCUT2D eigenvalue weighted by atomic mass is 10.0. The number of rotatable bonds is 2. The third-order valence-corrected chi connectivity index (χ3v) is 4.82. The number of alkyl halides is 5. The van der Waals surface area contributed by atoms with Gasteiger partial charge in [0, 0.05) is 5.92 Å². The largest absolute Gasteiger partial charge is 0.417 e. The first-order valence-electron chi connectivity index (χ1n) is 5.21. The molecule has 1 aromatic carbocycles. The number of benzene rings is 1. The summed E-state index contributed by atoms with van der Waals surface area (Å²) in [6, 6.07) is 1.98. The minimum atomic E-state index is -4.69. The van der Waals surface area contributed by atoms with Crippen LogP contribution in [-0.2, 0) is 11.0 Å². The van der Waals surface area contributed by atoms with Crippen molar-refractivity contribution in [1.82, 2.24) is 0 Å². The summed E-state index contributed by atoms with van der Waals surface area (Å²) in [5, 5.41) is -0.912. The first-order valence-corrected chi connectivity index (χ1v) is 6.72. The number of hydrogen-bond acceptors (Lipinski definition) is 1. The molecule has 0 spiro atoms. The van der Waals surface area contributed by atoms with Crippen molar-refractivity contribution in [3.05, 3.63) is 33.3 Å². The van der Waals surface area contributed by atoms with Gasteiger partial charge in [-0.2, -0.15) is 13.2 Å². The molecule has 110 valence electrons. The topological polar surface area (TPSA) is 43.1 Å². The van der Waals surface area contributed by atoms with Gasteiger partial charge in [0.1, 0.15) is 4.33 Å². The molecule has 2 rings (SSSR count). The van der Waals surface area contributed by atoms with E-state index < -0.39 is 38.8 Å². The van der Waals surface area contributed by atoms with Crippen LogP contribution in [0.25, 0.3) is 0 Å². The summed E-state index contributed by atoms with van der Waals surface area (Å²) in [5.74, 6) is -2.61. The summed E-state index contributed by atoms with van der Waals surface area (Å²) in [6.45, 7) is 0. The molecule has 1 aromatic rings. The molecule has 2 nitrogen and oxygen atoms in total. The van der Waals surface area contributed by atoms with E-state index in [4.69, 9.17) is 52.1 Å². The molecule has 2 atom stereocenters. The molecule has 20 heavy (non-hydrogen) atoms. The van der Waals surface area contributed by atoms with E-state index in [-0.39, 0.29) is 10.6 Å². The summed E-state index contributed by atoms with van der Waals surface area (Å²) in [4.78, 5) is 11.2. The van der Waals surface area contributed by atoms with Crippen LogP contribution in [0.2, 0.25) is 10.0 Å². The summed E-state index contributed by atoms with van der Waals surface area (Å²) in [5.41, 5.74) is 4.06. The van der Waals surface area contributed by atoms with Gasteiger partial charge in [0.15, 0.2) is 0 Å². The summed E-state index contributed by atoms with van der Waals surface area (Å²) >= 11 is 23.0. The molecule has 1 fully saturated rings. The maximum atomic E-state index is 12.8. The van der Waals surface area contributed by atoms with Gasteiger partial charge in [0.2, 0.25) is 5.91 Å². The first kappa shape index (κ1) is 16.0. The Balaban J connectivity index is 2.51. The smallest absolute Gasteiger partial charge is 0.369 e. The van der Waals surface area contributed by atoms with E-state index >= 15 is 0 Å². The third-order valence-electron chi connectivity index (χ3n) is 3.08. The molecule has 1 aliphatic carbocycles. The molecule has 0 radical (unpaired) electrons. The van der Waals surface area contributed by atoms with Crippen LogP contribution in [0.3, 0.4) is 0 Å². The Labute approximate surface area is 131 Å². The Hall–Kier alpha value is -0.360. The van der Waals surface area contributed by atoms with Gasteiger partial charge < -0.3 is 5.73 Å². The molecule has 0 saturated heterocycles. The number of hydrogen-bond donors (Lipinski definition) is 1. The second-order valence-electron chi connectivity index (χ2n) is 4.39. The van der Waals surface area contributed by atoms with E-state index in [0.717, 1.165) is 6.07 Å². The molecular formula is C11H6Cl4F3NO. The molecule has 0 bridgehead atoms. The Morgan fingerprint density at radius 1 is 1.25 bits per heavy atom. The van der Waals surface area contributed by atoms with Crippen molar-refractivity contribution in [2.24, 2.45) is 11.7 Å². The first-order chi connectivity index (χ1) is 8.98. The SMILES string of the molecule is NC(=O)C1C(c2cc(Cl)c(Cl)c(C(F)(F)F)c2)C1(Cl)Cl. The van der Waals surface area contributed by atoms with Crippen molar-refractivity contribution in [1.29, 1.82) is 0 Å². The van der Waals surface area contributed by atoms with E-state index in [1.807, 2.05) is 0 Å². The number of halogens is 7. The van der Waals surface area contributed by atoms with Crippen molar-refractivity contribution >= 4 is 52.3 Å². The Bertz CT molecular complexity index is 588. The van der Waals surface area contributed by atoms with E-state index in [0.29, 0.717) is 0 Å². The minimum Gasteiger partial charge on any atom is -0.369 e. The molecule has 0 heterocycles. The van der Waals surface area contributed by atoms with Crippen molar-refractivity contribution in [3.63, 3.8) is 0 Å². The van der Waals surface area contributed by atoms with Crippen LogP contribution in [0.4, 0.5) is 13.2 Å². The summed E-state index contributed by atoms with van der Waals surface area (Å²) < 4.78 is 37.0. The molecule has 0 aromatic heterocycles. The molecule has 0 aliphatic heterocycles. The van der Waals surface area contributed by atoms with Crippen LogP contribution in [0.1, 0.15) is 17.0 Å². The zero-order valence-electron chi connectivity index (χ0n) is 9.44. The van der Waals surface area contributed by atoms with Gasteiger partial charge in [-0.05, 0) is 17.7 Å². The Kier molecular flexibility index (Phi) is 3.87. The van der Waals surface area contributed by atoms with Gasteiger partial charge in [-0.1, -0.05) is 23.2 Å². The molecule has 2 unspecified atom stereocenters. The van der Waals surface area contributed by atoms with Crippen molar-refractivity contribution < 1.29 is 18.0 Å². The third kappa shape index (κ3) is 2.56. The van der Waals surface area contributed by atoms with Crippen LogP contribution < -0.4 is 5.73 Å².